The molecule has 0 aliphatic heterocycles. The largest absolute Gasteiger partial charge is 0.462 e. The number of carbonyl (C=O) groups is 4. The molecule has 0 unspecified atom stereocenters. The Bertz CT molecular complexity index is 1150. The molecule has 2 rings (SSSR count). The Morgan fingerprint density at radius 3 is 1.22 bits per heavy atom. The highest BCUT2D eigenvalue weighted by Crippen LogP contribution is 2.23. The first-order valence-corrected chi connectivity index (χ1v) is 16.4. The fourth-order valence-electron chi connectivity index (χ4n) is 4.02. The van der Waals surface area contributed by atoms with Crippen molar-refractivity contribution in [3.05, 3.63) is 59.7 Å². The first-order chi connectivity index (χ1) is 21.1. The Morgan fingerprint density at radius 1 is 0.600 bits per heavy atom. The zero-order valence-corrected chi connectivity index (χ0v) is 28.7. The van der Waals surface area contributed by atoms with Crippen LogP contribution in [0.25, 0.3) is 0 Å². The van der Waals surface area contributed by atoms with E-state index < -0.39 is 35.3 Å². The van der Waals surface area contributed by atoms with E-state index in [1.54, 1.807) is 83.9 Å². The van der Waals surface area contributed by atoms with Crippen molar-refractivity contribution in [3.63, 3.8) is 0 Å². The van der Waals surface area contributed by atoms with Crippen LogP contribution in [0.5, 0.6) is 0 Å². The van der Waals surface area contributed by atoms with Crippen molar-refractivity contribution in [2.24, 2.45) is 0 Å². The van der Waals surface area contributed by atoms with Crippen molar-refractivity contribution < 1.29 is 38.1 Å². The third-order valence-electron chi connectivity index (χ3n) is 5.95. The summed E-state index contributed by atoms with van der Waals surface area (Å²) in [6.45, 7) is 15.8. The fourth-order valence-corrected chi connectivity index (χ4v) is 4.89. The van der Waals surface area contributed by atoms with E-state index in [0.717, 1.165) is 11.5 Å². The van der Waals surface area contributed by atoms with Crippen LogP contribution in [0.2, 0.25) is 0 Å². The summed E-state index contributed by atoms with van der Waals surface area (Å²) in [5.41, 5.74) is 0.766. The summed E-state index contributed by atoms with van der Waals surface area (Å²) in [4.78, 5) is 53.3. The molecular formula is C34H48N2O8S. The van der Waals surface area contributed by atoms with Crippen molar-refractivity contribution in [2.75, 3.05) is 47.6 Å². The summed E-state index contributed by atoms with van der Waals surface area (Å²) in [6, 6.07) is 13.4. The molecule has 0 N–H and O–H groups in total. The Hall–Kier alpha value is -3.73. The summed E-state index contributed by atoms with van der Waals surface area (Å²) >= 11 is 1.72. The van der Waals surface area contributed by atoms with E-state index in [1.807, 2.05) is 41.5 Å². The minimum Gasteiger partial charge on any atom is -0.462 e. The number of hydrogen-bond donors (Lipinski definition) is 0. The van der Waals surface area contributed by atoms with Gasteiger partial charge in [-0.25, -0.2) is 19.2 Å². The van der Waals surface area contributed by atoms with Crippen LogP contribution in [0.4, 0.5) is 21.0 Å². The summed E-state index contributed by atoms with van der Waals surface area (Å²) in [5, 5.41) is 0. The van der Waals surface area contributed by atoms with Gasteiger partial charge < -0.3 is 18.9 Å². The fraction of sp³-hybridized carbons (Fsp3) is 0.529. The number of hydrogen-bond acceptors (Lipinski definition) is 9. The van der Waals surface area contributed by atoms with Crippen LogP contribution >= 0.6 is 11.8 Å². The van der Waals surface area contributed by atoms with Gasteiger partial charge in [-0.2, -0.15) is 11.8 Å². The molecule has 10 nitrogen and oxygen atoms in total. The lowest BCUT2D eigenvalue weighted by molar-refractivity contribution is 0.0516. The Balaban J connectivity index is 1.98. The molecule has 248 valence electrons. The van der Waals surface area contributed by atoms with E-state index in [9.17, 15) is 19.2 Å². The maximum Gasteiger partial charge on any atom is 0.414 e. The molecule has 0 heterocycles. The molecular weight excluding hydrogens is 596 g/mol. The van der Waals surface area contributed by atoms with Crippen LogP contribution in [-0.2, 0) is 18.9 Å². The first kappa shape index (κ1) is 37.5. The molecule has 2 amide bonds. The molecule has 0 atom stereocenters. The molecule has 0 radical (unpaired) electrons. The van der Waals surface area contributed by atoms with Gasteiger partial charge in [0.25, 0.3) is 0 Å². The van der Waals surface area contributed by atoms with Gasteiger partial charge >= 0.3 is 24.1 Å². The van der Waals surface area contributed by atoms with Gasteiger partial charge in [0.1, 0.15) is 11.2 Å². The molecule has 2 aromatic rings. The van der Waals surface area contributed by atoms with Gasteiger partial charge in [-0.3, -0.25) is 9.80 Å². The van der Waals surface area contributed by atoms with Crippen LogP contribution in [0.1, 0.15) is 88.9 Å². The number of benzene rings is 2. The SMILES string of the molecule is CCOC(=O)c1ccc(N(CCCSCCCN(C(=O)OC(C)(C)C)c2ccc(C(=O)OCC)cc2)C(=O)OC(C)(C)C)cc1. The Labute approximate surface area is 271 Å². The maximum absolute atomic E-state index is 13.0. The molecule has 0 bridgehead atoms. The highest BCUT2D eigenvalue weighted by atomic mass is 32.2. The lowest BCUT2D eigenvalue weighted by Gasteiger charge is -2.28. The molecule has 0 aromatic heterocycles. The van der Waals surface area contributed by atoms with Gasteiger partial charge in [-0.15, -0.1) is 0 Å². The van der Waals surface area contributed by atoms with Gasteiger partial charge in [0.15, 0.2) is 0 Å². The van der Waals surface area contributed by atoms with Gasteiger partial charge in [0, 0.05) is 24.5 Å². The molecule has 2 aromatic carbocycles. The monoisotopic (exact) mass is 644 g/mol. The molecule has 45 heavy (non-hydrogen) atoms. The Morgan fingerprint density at radius 2 is 0.933 bits per heavy atom. The zero-order chi connectivity index (χ0) is 33.6. The second-order valence-corrected chi connectivity index (χ2v) is 13.3. The van der Waals surface area contributed by atoms with E-state index in [-0.39, 0.29) is 13.2 Å². The summed E-state index contributed by atoms with van der Waals surface area (Å²) in [7, 11) is 0. The lowest BCUT2D eigenvalue weighted by atomic mass is 10.2. The average Bonchev–Trinajstić information content (AvgIpc) is 2.95. The van der Waals surface area contributed by atoms with Crippen molar-refractivity contribution in [1.29, 1.82) is 0 Å². The number of carbonyl (C=O) groups excluding carboxylic acids is 4. The molecule has 11 heteroatoms. The van der Waals surface area contributed by atoms with Gasteiger partial charge in [0.2, 0.25) is 0 Å². The van der Waals surface area contributed by atoms with Crippen LogP contribution in [-0.4, -0.2) is 73.1 Å². The standard InChI is InChI=1S/C34H48N2O8S/c1-9-41-29(37)25-13-17-27(18-14-25)35(31(39)43-33(3,4)5)21-11-23-45-24-12-22-36(32(40)44-34(6,7)8)28-19-15-26(16-20-28)30(38)42-10-2/h13-20H,9-12,21-24H2,1-8H3. The summed E-state index contributed by atoms with van der Waals surface area (Å²) in [6.07, 6.45) is 0.486. The number of anilines is 2. The number of nitrogens with zero attached hydrogens (tertiary/aromatic N) is 2. The molecule has 0 fully saturated rings. The topological polar surface area (TPSA) is 112 Å². The molecule has 0 saturated carbocycles. The molecule has 0 spiro atoms. The predicted octanol–water partition coefficient (Wildman–Crippen LogP) is 7.74. The van der Waals surface area contributed by atoms with E-state index in [0.29, 0.717) is 48.4 Å². The molecule has 0 aliphatic rings. The van der Waals surface area contributed by atoms with Crippen LogP contribution in [0, 0.1) is 0 Å². The third-order valence-corrected chi connectivity index (χ3v) is 7.10. The average molecular weight is 645 g/mol. The molecule has 0 saturated heterocycles. The summed E-state index contributed by atoms with van der Waals surface area (Å²) < 4.78 is 21.4. The number of amides is 2. The smallest absolute Gasteiger partial charge is 0.414 e. The van der Waals surface area contributed by atoms with E-state index in [4.69, 9.17) is 18.9 Å². The molecule has 0 aliphatic carbocycles. The number of thioether (sulfide) groups is 1. The van der Waals surface area contributed by atoms with Gasteiger partial charge in [0.05, 0.1) is 24.3 Å². The number of esters is 2. The summed E-state index contributed by atoms with van der Waals surface area (Å²) in [5.74, 6) is 0.730. The highest BCUT2D eigenvalue weighted by Gasteiger charge is 2.25. The van der Waals surface area contributed by atoms with Gasteiger partial charge in [-0.05, 0) is 128 Å². The van der Waals surface area contributed by atoms with E-state index in [2.05, 4.69) is 0 Å². The van der Waals surface area contributed by atoms with Crippen molar-refractivity contribution >= 4 is 47.3 Å². The highest BCUT2D eigenvalue weighted by molar-refractivity contribution is 7.99. The second-order valence-electron chi connectivity index (χ2n) is 12.1. The minimum absolute atomic E-state index is 0.283. The van der Waals surface area contributed by atoms with E-state index in [1.165, 1.54) is 0 Å². The normalized spacial score (nSPS) is 11.4. The maximum atomic E-state index is 13.0. The van der Waals surface area contributed by atoms with Crippen molar-refractivity contribution in [2.45, 2.75) is 79.4 Å². The number of rotatable bonds is 14. The van der Waals surface area contributed by atoms with Crippen LogP contribution < -0.4 is 9.80 Å². The quantitative estimate of drug-likeness (QED) is 0.116. The van der Waals surface area contributed by atoms with Crippen LogP contribution in [0.15, 0.2) is 48.5 Å². The van der Waals surface area contributed by atoms with E-state index >= 15 is 0 Å². The second kappa shape index (κ2) is 17.7. The first-order valence-electron chi connectivity index (χ1n) is 15.3. The van der Waals surface area contributed by atoms with Crippen molar-refractivity contribution in [3.8, 4) is 0 Å². The predicted molar refractivity (Wildman–Crippen MR) is 179 cm³/mol. The zero-order valence-electron chi connectivity index (χ0n) is 27.8. The lowest BCUT2D eigenvalue weighted by Crippen LogP contribution is -2.38. The minimum atomic E-state index is -0.659. The van der Waals surface area contributed by atoms with Crippen LogP contribution in [0.3, 0.4) is 0 Å². The number of ether oxygens (including phenoxy) is 4. The van der Waals surface area contributed by atoms with Crippen molar-refractivity contribution in [1.82, 2.24) is 0 Å². The van der Waals surface area contributed by atoms with Gasteiger partial charge in [-0.1, -0.05) is 0 Å². The third kappa shape index (κ3) is 13.4. The Kier molecular flexibility index (Phi) is 14.7.